The number of halogens is 4. The molecule has 0 atom stereocenters. The van der Waals surface area contributed by atoms with Crippen LogP contribution in [-0.4, -0.2) is 6.11 Å². The van der Waals surface area contributed by atoms with Gasteiger partial charge in [-0.05, 0) is 131 Å². The van der Waals surface area contributed by atoms with Crippen molar-refractivity contribution >= 4 is 0 Å². The van der Waals surface area contributed by atoms with Gasteiger partial charge in [0.1, 0.15) is 0 Å². The Balaban J connectivity index is 1.18. The van der Waals surface area contributed by atoms with Crippen LogP contribution in [0.15, 0.2) is 24.3 Å². The molecule has 0 N–H and O–H groups in total. The number of alkyl halides is 2. The van der Waals surface area contributed by atoms with Gasteiger partial charge in [0.15, 0.2) is 11.6 Å². The minimum absolute atomic E-state index is 0.0531. The van der Waals surface area contributed by atoms with Gasteiger partial charge in [0.2, 0.25) is 5.82 Å². The molecule has 42 heavy (non-hydrogen) atoms. The van der Waals surface area contributed by atoms with E-state index in [4.69, 9.17) is 4.74 Å². The lowest BCUT2D eigenvalue weighted by Crippen LogP contribution is -2.37. The first kappa shape index (κ1) is 33.4. The standard InChI is InChI=1S/C37H56F4O/c1-3-5-6-10-28-13-15-29(16-14-28)11-7-8-12-30-19-23-32(24-20-30)37(40,41)42-34-26-25-33(35(38)36(34)39)31-21-17-27(9-4-2)18-22-31/h7,11,25-32H,3-6,8-10,12-24H2,1-2H3/b11-7+. The summed E-state index contributed by atoms with van der Waals surface area (Å²) >= 11 is 0. The fraction of sp³-hybridized carbons (Fsp3) is 0.784. The first-order valence-electron chi connectivity index (χ1n) is 17.5. The Morgan fingerprint density at radius 1 is 0.714 bits per heavy atom. The largest absolute Gasteiger partial charge is 0.429 e. The van der Waals surface area contributed by atoms with Crippen LogP contribution in [0.1, 0.15) is 154 Å². The average Bonchev–Trinajstić information content (AvgIpc) is 3.00. The monoisotopic (exact) mass is 592 g/mol. The second-order valence-corrected chi connectivity index (χ2v) is 14.0. The maximum atomic E-state index is 15.1. The number of ether oxygens (including phenoxy) is 1. The van der Waals surface area contributed by atoms with Gasteiger partial charge >= 0.3 is 6.11 Å². The zero-order valence-electron chi connectivity index (χ0n) is 26.3. The lowest BCUT2D eigenvalue weighted by Gasteiger charge is -2.33. The molecule has 0 aromatic heterocycles. The van der Waals surface area contributed by atoms with Crippen molar-refractivity contribution in [3.63, 3.8) is 0 Å². The molecule has 0 spiro atoms. The number of benzene rings is 1. The highest BCUT2D eigenvalue weighted by Gasteiger charge is 2.44. The molecule has 0 heterocycles. The SMILES string of the molecule is CCCCCC1CCC(/C=C/CCC2CCC(C(F)(F)Oc3ccc(C4CCC(CCC)CC4)c(F)c3F)CC2)CC1. The molecular weight excluding hydrogens is 536 g/mol. The van der Waals surface area contributed by atoms with Gasteiger partial charge in [0.25, 0.3) is 0 Å². The van der Waals surface area contributed by atoms with Crippen molar-refractivity contribution in [1.82, 2.24) is 0 Å². The van der Waals surface area contributed by atoms with Crippen LogP contribution in [0.3, 0.4) is 0 Å². The third-order valence-electron chi connectivity index (χ3n) is 10.9. The molecule has 0 saturated heterocycles. The Hall–Kier alpha value is -1.52. The van der Waals surface area contributed by atoms with E-state index in [9.17, 15) is 8.78 Å². The third-order valence-corrected chi connectivity index (χ3v) is 10.9. The fourth-order valence-electron chi connectivity index (χ4n) is 8.10. The number of hydrogen-bond acceptors (Lipinski definition) is 1. The molecule has 5 heteroatoms. The van der Waals surface area contributed by atoms with Gasteiger partial charge in [0.05, 0.1) is 5.92 Å². The molecule has 0 aliphatic heterocycles. The smallest absolute Gasteiger partial charge is 0.400 e. The van der Waals surface area contributed by atoms with Crippen LogP contribution in [-0.2, 0) is 0 Å². The maximum Gasteiger partial charge on any atom is 0.400 e. The Labute approximate surface area is 253 Å². The molecule has 1 nitrogen and oxygen atoms in total. The summed E-state index contributed by atoms with van der Waals surface area (Å²) in [6, 6.07) is 2.69. The van der Waals surface area contributed by atoms with E-state index < -0.39 is 29.4 Å². The van der Waals surface area contributed by atoms with Gasteiger partial charge in [-0.3, -0.25) is 0 Å². The molecule has 1 aromatic rings. The summed E-state index contributed by atoms with van der Waals surface area (Å²) < 4.78 is 65.1. The van der Waals surface area contributed by atoms with Gasteiger partial charge in [0, 0.05) is 0 Å². The fourth-order valence-corrected chi connectivity index (χ4v) is 8.10. The minimum atomic E-state index is -3.51. The molecule has 3 aliphatic carbocycles. The summed E-state index contributed by atoms with van der Waals surface area (Å²) in [5.41, 5.74) is 0.308. The predicted octanol–water partition coefficient (Wildman–Crippen LogP) is 12.5. The molecule has 3 saturated carbocycles. The van der Waals surface area contributed by atoms with E-state index >= 15 is 8.78 Å². The summed E-state index contributed by atoms with van der Waals surface area (Å²) in [5, 5.41) is 0. The molecule has 1 aromatic carbocycles. The van der Waals surface area contributed by atoms with Crippen molar-refractivity contribution in [1.29, 1.82) is 0 Å². The lowest BCUT2D eigenvalue weighted by atomic mass is 9.77. The summed E-state index contributed by atoms with van der Waals surface area (Å²) in [5.74, 6) is -1.24. The molecule has 238 valence electrons. The average molecular weight is 593 g/mol. The molecular formula is C37H56F4O. The summed E-state index contributed by atoms with van der Waals surface area (Å²) in [4.78, 5) is 0. The molecule has 0 unspecified atom stereocenters. The molecule has 3 fully saturated rings. The number of unbranched alkanes of at least 4 members (excludes halogenated alkanes) is 2. The lowest BCUT2D eigenvalue weighted by molar-refractivity contribution is -0.224. The number of hydrogen-bond donors (Lipinski definition) is 0. The summed E-state index contributed by atoms with van der Waals surface area (Å²) in [7, 11) is 0. The van der Waals surface area contributed by atoms with E-state index in [2.05, 4.69) is 26.0 Å². The van der Waals surface area contributed by atoms with Crippen LogP contribution in [0.25, 0.3) is 0 Å². The van der Waals surface area contributed by atoms with E-state index in [0.717, 1.165) is 63.7 Å². The van der Waals surface area contributed by atoms with Crippen LogP contribution in [0, 0.1) is 41.2 Å². The zero-order valence-corrected chi connectivity index (χ0v) is 26.3. The normalized spacial score (nSPS) is 29.2. The van der Waals surface area contributed by atoms with Gasteiger partial charge in [-0.25, -0.2) is 4.39 Å². The van der Waals surface area contributed by atoms with Crippen molar-refractivity contribution in [2.75, 3.05) is 0 Å². The molecule has 3 aliphatic rings. The van der Waals surface area contributed by atoms with Crippen LogP contribution < -0.4 is 4.74 Å². The van der Waals surface area contributed by atoms with Crippen LogP contribution in [0.5, 0.6) is 5.75 Å². The summed E-state index contributed by atoms with van der Waals surface area (Å²) in [6.07, 6.45) is 22.2. The highest BCUT2D eigenvalue weighted by atomic mass is 19.3. The van der Waals surface area contributed by atoms with Crippen molar-refractivity contribution in [3.8, 4) is 5.75 Å². The van der Waals surface area contributed by atoms with Crippen LogP contribution in [0.4, 0.5) is 17.6 Å². The first-order valence-corrected chi connectivity index (χ1v) is 17.5. The summed E-state index contributed by atoms with van der Waals surface area (Å²) in [6.45, 7) is 4.43. The van der Waals surface area contributed by atoms with Crippen LogP contribution in [0.2, 0.25) is 0 Å². The third kappa shape index (κ3) is 9.49. The van der Waals surface area contributed by atoms with Crippen molar-refractivity contribution in [2.24, 2.45) is 29.6 Å². The van der Waals surface area contributed by atoms with Gasteiger partial charge in [-0.15, -0.1) is 0 Å². The molecule has 0 amide bonds. The Bertz CT molecular complexity index is 951. The van der Waals surface area contributed by atoms with E-state index in [1.165, 1.54) is 69.9 Å². The highest BCUT2D eigenvalue weighted by Crippen LogP contribution is 2.44. The van der Waals surface area contributed by atoms with Gasteiger partial charge in [-0.2, -0.15) is 13.2 Å². The minimum Gasteiger partial charge on any atom is -0.429 e. The quantitative estimate of drug-likeness (QED) is 0.119. The Morgan fingerprint density at radius 2 is 1.33 bits per heavy atom. The second-order valence-electron chi connectivity index (χ2n) is 14.0. The first-order chi connectivity index (χ1) is 20.3. The second kappa shape index (κ2) is 16.5. The van der Waals surface area contributed by atoms with Gasteiger partial charge < -0.3 is 4.74 Å². The maximum absolute atomic E-state index is 15.1. The van der Waals surface area contributed by atoms with E-state index in [1.807, 2.05) is 0 Å². The number of rotatable bonds is 14. The van der Waals surface area contributed by atoms with E-state index in [0.29, 0.717) is 36.2 Å². The van der Waals surface area contributed by atoms with E-state index in [-0.39, 0.29) is 5.92 Å². The van der Waals surface area contributed by atoms with Crippen molar-refractivity contribution in [3.05, 3.63) is 41.5 Å². The topological polar surface area (TPSA) is 9.23 Å². The van der Waals surface area contributed by atoms with Crippen molar-refractivity contribution < 1.29 is 22.3 Å². The van der Waals surface area contributed by atoms with Crippen LogP contribution >= 0.6 is 0 Å². The van der Waals surface area contributed by atoms with Crippen molar-refractivity contribution in [2.45, 2.75) is 154 Å². The Morgan fingerprint density at radius 3 is 2.00 bits per heavy atom. The molecule has 4 rings (SSSR count). The predicted molar refractivity (Wildman–Crippen MR) is 165 cm³/mol. The zero-order chi connectivity index (χ0) is 30.0. The Kier molecular flexibility index (Phi) is 13.1. The van der Waals surface area contributed by atoms with Gasteiger partial charge in [-0.1, -0.05) is 70.6 Å². The highest BCUT2D eigenvalue weighted by molar-refractivity contribution is 5.33. The number of allylic oxidation sites excluding steroid dienone is 2. The molecule has 0 radical (unpaired) electrons. The molecule has 0 bridgehead atoms. The van der Waals surface area contributed by atoms with E-state index in [1.54, 1.807) is 0 Å².